The van der Waals surface area contributed by atoms with Crippen LogP contribution in [0.1, 0.15) is 0 Å². The fourth-order valence-corrected chi connectivity index (χ4v) is 4.64. The molecule has 0 radical (unpaired) electrons. The summed E-state index contributed by atoms with van der Waals surface area (Å²) in [5.74, 6) is 0. The third-order valence-electron chi connectivity index (χ3n) is 5.91. The first-order chi connectivity index (χ1) is 14.9. The summed E-state index contributed by atoms with van der Waals surface area (Å²) in [5.41, 5.74) is 6.12. The third-order valence-corrected chi connectivity index (χ3v) is 5.91. The highest BCUT2D eigenvalue weighted by Gasteiger charge is 2.18. The Morgan fingerprint density at radius 1 is 0.467 bits per heavy atom. The molecule has 0 aliphatic rings. The predicted molar refractivity (Wildman–Crippen MR) is 120 cm³/mol. The van der Waals surface area contributed by atoms with Crippen molar-refractivity contribution in [1.29, 1.82) is 0 Å². The van der Waals surface area contributed by atoms with Crippen molar-refractivity contribution in [2.75, 3.05) is 0 Å². The monoisotopic (exact) mass is 388 g/mol. The average Bonchev–Trinajstić information content (AvgIpc) is 3.55. The molecule has 0 fully saturated rings. The van der Waals surface area contributed by atoms with Crippen molar-refractivity contribution in [3.63, 3.8) is 0 Å². The average molecular weight is 388 g/mol. The summed E-state index contributed by atoms with van der Waals surface area (Å²) in [6.07, 6.45) is 3.51. The van der Waals surface area contributed by atoms with Crippen molar-refractivity contribution < 1.29 is 8.83 Å². The van der Waals surface area contributed by atoms with E-state index in [0.29, 0.717) is 0 Å². The van der Waals surface area contributed by atoms with Crippen LogP contribution >= 0.6 is 0 Å². The molecule has 4 aromatic heterocycles. The number of fused-ring (bicyclic) bond motifs is 6. The Morgan fingerprint density at radius 3 is 1.90 bits per heavy atom. The van der Waals surface area contributed by atoms with Gasteiger partial charge >= 0.3 is 0 Å². The first-order valence-corrected chi connectivity index (χ1v) is 9.94. The van der Waals surface area contributed by atoms with E-state index < -0.39 is 0 Å². The van der Waals surface area contributed by atoms with Crippen molar-refractivity contribution in [1.82, 2.24) is 9.13 Å². The predicted octanol–water partition coefficient (Wildman–Crippen LogP) is 7.07. The third kappa shape index (κ3) is 1.95. The normalized spacial score (nSPS) is 12.0. The van der Waals surface area contributed by atoms with Crippen molar-refractivity contribution in [3.8, 4) is 11.4 Å². The minimum atomic E-state index is 0.855. The maximum absolute atomic E-state index is 5.89. The number of nitrogens with zero attached hydrogens (tertiary/aromatic N) is 2. The first-order valence-electron chi connectivity index (χ1n) is 9.94. The van der Waals surface area contributed by atoms with Gasteiger partial charge in [-0.25, -0.2) is 0 Å². The van der Waals surface area contributed by atoms with Gasteiger partial charge in [0.1, 0.15) is 0 Å². The van der Waals surface area contributed by atoms with E-state index in [-0.39, 0.29) is 0 Å². The summed E-state index contributed by atoms with van der Waals surface area (Å²) in [6.45, 7) is 0. The molecule has 0 saturated heterocycles. The Labute approximate surface area is 171 Å². The van der Waals surface area contributed by atoms with E-state index in [4.69, 9.17) is 8.83 Å². The van der Waals surface area contributed by atoms with Crippen molar-refractivity contribution >= 4 is 44.0 Å². The molecule has 7 rings (SSSR count). The van der Waals surface area contributed by atoms with Crippen LogP contribution in [0, 0.1) is 0 Å². The fraction of sp³-hybridized carbons (Fsp3) is 0. The van der Waals surface area contributed by atoms with Crippen LogP contribution in [0.3, 0.4) is 0 Å². The molecular formula is C26H16N2O2. The Hall–Kier alpha value is -4.18. The van der Waals surface area contributed by atoms with Gasteiger partial charge in [0.15, 0.2) is 0 Å². The first kappa shape index (κ1) is 15.7. The van der Waals surface area contributed by atoms with Crippen LogP contribution in [0.15, 0.2) is 106 Å². The number of para-hydroxylation sites is 2. The molecule has 0 unspecified atom stereocenters. The van der Waals surface area contributed by atoms with Gasteiger partial charge in [-0.3, -0.25) is 9.13 Å². The molecule has 30 heavy (non-hydrogen) atoms. The van der Waals surface area contributed by atoms with Crippen LogP contribution in [-0.4, -0.2) is 9.13 Å². The highest BCUT2D eigenvalue weighted by atomic mass is 16.3. The molecule has 0 aliphatic carbocycles. The Balaban J connectivity index is 1.58. The minimum Gasteiger partial charge on any atom is -0.447 e. The second-order valence-corrected chi connectivity index (χ2v) is 7.50. The molecule has 4 nitrogen and oxygen atoms in total. The lowest BCUT2D eigenvalue weighted by Crippen LogP contribution is -1.95. The van der Waals surface area contributed by atoms with Crippen LogP contribution < -0.4 is 0 Å². The maximum atomic E-state index is 5.89. The summed E-state index contributed by atoms with van der Waals surface area (Å²) in [6, 6.07) is 29.3. The minimum absolute atomic E-state index is 0.855. The zero-order chi connectivity index (χ0) is 19.7. The largest absolute Gasteiger partial charge is 0.447 e. The summed E-state index contributed by atoms with van der Waals surface area (Å²) in [4.78, 5) is 0. The van der Waals surface area contributed by atoms with Crippen LogP contribution in [0.4, 0.5) is 0 Å². The second kappa shape index (κ2) is 5.67. The zero-order valence-electron chi connectivity index (χ0n) is 15.9. The molecule has 4 heteroatoms. The molecule has 0 amide bonds. The standard InChI is InChI=1S/C26H16N2O2/c1-2-6-17(7-3-1)27-24-11-10-18(16-22(24)21-13-15-30-26(21)27)28-23-9-5-4-8-19(23)20-12-14-29-25(20)28/h1-16H. The van der Waals surface area contributed by atoms with Gasteiger partial charge in [-0.15, -0.1) is 0 Å². The molecule has 0 atom stereocenters. The van der Waals surface area contributed by atoms with E-state index >= 15 is 0 Å². The maximum Gasteiger partial charge on any atom is 0.212 e. The van der Waals surface area contributed by atoms with Gasteiger partial charge in [0, 0.05) is 32.9 Å². The van der Waals surface area contributed by atoms with Gasteiger partial charge in [0.2, 0.25) is 11.4 Å². The summed E-state index contributed by atoms with van der Waals surface area (Å²) >= 11 is 0. The lowest BCUT2D eigenvalue weighted by molar-refractivity contribution is 0.595. The number of rotatable bonds is 2. The molecule has 0 aliphatic heterocycles. The topological polar surface area (TPSA) is 36.1 Å². The number of hydrogen-bond acceptors (Lipinski definition) is 2. The van der Waals surface area contributed by atoms with Gasteiger partial charge in [-0.05, 0) is 48.5 Å². The molecular weight excluding hydrogens is 372 g/mol. The number of aromatic nitrogens is 2. The summed E-state index contributed by atoms with van der Waals surface area (Å²) < 4.78 is 16.1. The quantitative estimate of drug-likeness (QED) is 0.318. The van der Waals surface area contributed by atoms with Crippen LogP contribution in [0.5, 0.6) is 0 Å². The van der Waals surface area contributed by atoms with Gasteiger partial charge in [-0.2, -0.15) is 0 Å². The van der Waals surface area contributed by atoms with E-state index in [1.54, 1.807) is 12.5 Å². The summed E-state index contributed by atoms with van der Waals surface area (Å²) in [5, 5.41) is 4.57. The second-order valence-electron chi connectivity index (χ2n) is 7.50. The van der Waals surface area contributed by atoms with E-state index in [2.05, 4.69) is 63.7 Å². The Kier molecular flexibility index (Phi) is 2.97. The number of benzene rings is 3. The SMILES string of the molecule is c1ccc(-n2c3ccc(-n4c5ccccc5c5ccoc54)cc3c3ccoc32)cc1. The number of furan rings is 2. The highest BCUT2D eigenvalue weighted by Crippen LogP contribution is 2.37. The van der Waals surface area contributed by atoms with E-state index in [1.807, 2.05) is 30.3 Å². The van der Waals surface area contributed by atoms with Crippen molar-refractivity contribution in [2.45, 2.75) is 0 Å². The Morgan fingerprint density at radius 2 is 1.10 bits per heavy atom. The van der Waals surface area contributed by atoms with Crippen LogP contribution in [0.2, 0.25) is 0 Å². The fourth-order valence-electron chi connectivity index (χ4n) is 4.64. The van der Waals surface area contributed by atoms with Gasteiger partial charge in [0.25, 0.3) is 0 Å². The Bertz CT molecular complexity index is 1690. The van der Waals surface area contributed by atoms with Gasteiger partial charge in [-0.1, -0.05) is 36.4 Å². The highest BCUT2D eigenvalue weighted by molar-refractivity contribution is 6.10. The molecule has 0 saturated carbocycles. The van der Waals surface area contributed by atoms with Gasteiger partial charge in [0.05, 0.1) is 23.6 Å². The zero-order valence-corrected chi connectivity index (χ0v) is 15.9. The molecule has 4 heterocycles. The molecule has 3 aromatic carbocycles. The van der Waals surface area contributed by atoms with E-state index in [0.717, 1.165) is 50.0 Å². The molecule has 0 N–H and O–H groups in total. The van der Waals surface area contributed by atoms with E-state index in [1.165, 1.54) is 5.39 Å². The van der Waals surface area contributed by atoms with Gasteiger partial charge < -0.3 is 8.83 Å². The van der Waals surface area contributed by atoms with Crippen LogP contribution in [-0.2, 0) is 0 Å². The molecule has 7 aromatic rings. The summed E-state index contributed by atoms with van der Waals surface area (Å²) in [7, 11) is 0. The van der Waals surface area contributed by atoms with Crippen molar-refractivity contribution in [2.24, 2.45) is 0 Å². The lowest BCUT2D eigenvalue weighted by Gasteiger charge is -2.08. The lowest BCUT2D eigenvalue weighted by atomic mass is 10.2. The van der Waals surface area contributed by atoms with E-state index in [9.17, 15) is 0 Å². The van der Waals surface area contributed by atoms with Crippen LogP contribution in [0.25, 0.3) is 55.4 Å². The van der Waals surface area contributed by atoms with Crippen molar-refractivity contribution in [3.05, 3.63) is 97.5 Å². The molecule has 0 bridgehead atoms. The number of hydrogen-bond donors (Lipinski definition) is 0. The molecule has 0 spiro atoms. The molecule has 142 valence electrons. The smallest absolute Gasteiger partial charge is 0.212 e.